The number of rotatable bonds is 8. The lowest BCUT2D eigenvalue weighted by Crippen LogP contribution is -2.32. The molecule has 1 aliphatic carbocycles. The van der Waals surface area contributed by atoms with Gasteiger partial charge in [0.25, 0.3) is 12.3 Å². The Hall–Kier alpha value is -3.57. The van der Waals surface area contributed by atoms with Crippen LogP contribution in [0.5, 0.6) is 5.75 Å². The molecule has 4 rings (SSSR count). The maximum atomic E-state index is 13.3. The van der Waals surface area contributed by atoms with Gasteiger partial charge in [-0.05, 0) is 49.5 Å². The van der Waals surface area contributed by atoms with Crippen molar-refractivity contribution < 1.29 is 32.9 Å². The molecule has 12 heteroatoms. The summed E-state index contributed by atoms with van der Waals surface area (Å²) in [5.41, 5.74) is 0.371. The lowest BCUT2D eigenvalue weighted by Gasteiger charge is -2.20. The predicted octanol–water partition coefficient (Wildman–Crippen LogP) is 5.55. The Balaban J connectivity index is 0.00000165. The molecular weight excluding hydrogens is 497 g/mol. The van der Waals surface area contributed by atoms with Crippen LogP contribution in [0.4, 0.5) is 22.0 Å². The molecule has 1 aliphatic heterocycles. The van der Waals surface area contributed by atoms with Gasteiger partial charge in [0, 0.05) is 25.6 Å². The van der Waals surface area contributed by atoms with Crippen LogP contribution in [0.3, 0.4) is 0 Å². The zero-order valence-corrected chi connectivity index (χ0v) is 20.6. The van der Waals surface area contributed by atoms with Crippen molar-refractivity contribution in [2.45, 2.75) is 52.3 Å². The van der Waals surface area contributed by atoms with Gasteiger partial charge in [0.2, 0.25) is 0 Å². The number of nitrogens with one attached hydrogen (secondary N) is 2. The summed E-state index contributed by atoms with van der Waals surface area (Å²) in [7, 11) is 0. The molecule has 37 heavy (non-hydrogen) atoms. The van der Waals surface area contributed by atoms with E-state index in [0.29, 0.717) is 41.8 Å². The molecule has 2 heterocycles. The summed E-state index contributed by atoms with van der Waals surface area (Å²) in [5.74, 6) is -0.330. The third-order valence-electron chi connectivity index (χ3n) is 5.50. The number of nitrogens with zero attached hydrogens (tertiary/aromatic N) is 3. The minimum absolute atomic E-state index is 0. The monoisotopic (exact) mass is 527 g/mol. The molecule has 0 spiro atoms. The summed E-state index contributed by atoms with van der Waals surface area (Å²) in [6, 6.07) is 1.42. The highest BCUT2D eigenvalue weighted by Crippen LogP contribution is 2.37. The minimum Gasteiger partial charge on any atom is -0.488 e. The largest absolute Gasteiger partial charge is 0.488 e. The molecule has 2 aromatic rings. The van der Waals surface area contributed by atoms with Crippen molar-refractivity contribution in [3.8, 4) is 5.75 Å². The van der Waals surface area contributed by atoms with Gasteiger partial charge >= 0.3 is 6.18 Å². The number of hydrogen-bond acceptors (Lipinski definition) is 6. The lowest BCUT2D eigenvalue weighted by molar-refractivity contribution is -0.137. The Bertz CT molecular complexity index is 1170. The Morgan fingerprint density at radius 3 is 2.49 bits per heavy atom. The van der Waals surface area contributed by atoms with Crippen molar-refractivity contribution in [2.75, 3.05) is 13.2 Å². The van der Waals surface area contributed by atoms with Crippen molar-refractivity contribution in [3.05, 3.63) is 64.9 Å². The number of ether oxygens (including phenoxy) is 1. The summed E-state index contributed by atoms with van der Waals surface area (Å²) in [4.78, 5) is 25.9. The molecule has 2 N–H and O–H groups in total. The van der Waals surface area contributed by atoms with Crippen molar-refractivity contribution in [1.29, 1.82) is 0 Å². The number of benzene rings is 1. The molecule has 1 atom stereocenters. The molecule has 202 valence electrons. The topological polar surface area (TPSA) is 88.5 Å². The maximum Gasteiger partial charge on any atom is 0.416 e. The van der Waals surface area contributed by atoms with E-state index in [2.05, 4.69) is 25.6 Å². The fraction of sp³-hybridized carbons (Fsp3) is 0.440. The Labute approximate surface area is 212 Å². The molecule has 0 saturated heterocycles. The molecule has 1 unspecified atom stereocenters. The van der Waals surface area contributed by atoms with Gasteiger partial charge in [-0.25, -0.2) is 13.8 Å². The zero-order chi connectivity index (χ0) is 27.2. The summed E-state index contributed by atoms with van der Waals surface area (Å²) in [5, 5.41) is 5.70. The third kappa shape index (κ3) is 7.46. The standard InChI is InChI=1S/C23H22F5N5O2.C2H6.H2/c1-12(19-20(30-5-4-29-19)21-31-9-15(10-32-21)13-2-3-13)33-22(34)14-6-16(23(26,27)28)8-17(7-14)35-11-18(24)25;1-2;/h4-9,12-13,18H,2-3,10-11H2,1H3,(H,31,32)(H,33,34);1-2H3;1H. The number of hydrogen-bond donors (Lipinski definition) is 2. The normalized spacial score (nSPS) is 16.0. The van der Waals surface area contributed by atoms with E-state index in [0.717, 1.165) is 18.9 Å². The molecule has 1 aromatic carbocycles. The fourth-order valence-electron chi connectivity index (χ4n) is 3.60. The first-order valence-electron chi connectivity index (χ1n) is 11.9. The van der Waals surface area contributed by atoms with Crippen LogP contribution in [0.25, 0.3) is 0 Å². The van der Waals surface area contributed by atoms with Crippen LogP contribution >= 0.6 is 0 Å². The highest BCUT2D eigenvalue weighted by Gasteiger charge is 2.33. The van der Waals surface area contributed by atoms with Crippen molar-refractivity contribution in [1.82, 2.24) is 20.6 Å². The number of amides is 1. The van der Waals surface area contributed by atoms with E-state index in [9.17, 15) is 26.7 Å². The molecule has 0 bridgehead atoms. The number of alkyl halides is 5. The number of aliphatic imine (C=N–C) groups is 1. The number of carbonyl (C=O) groups excluding carboxylic acids is 1. The summed E-state index contributed by atoms with van der Waals surface area (Å²) in [6.07, 6.45) is -0.617. The van der Waals surface area contributed by atoms with E-state index >= 15 is 0 Å². The van der Waals surface area contributed by atoms with Gasteiger partial charge in [0.15, 0.2) is 5.84 Å². The quantitative estimate of drug-likeness (QED) is 0.440. The zero-order valence-electron chi connectivity index (χ0n) is 20.6. The number of carbonyl (C=O) groups is 1. The predicted molar refractivity (Wildman–Crippen MR) is 130 cm³/mol. The van der Waals surface area contributed by atoms with Gasteiger partial charge < -0.3 is 15.4 Å². The fourth-order valence-corrected chi connectivity index (χ4v) is 3.60. The number of halogens is 5. The molecule has 1 saturated carbocycles. The number of amidine groups is 1. The maximum absolute atomic E-state index is 13.3. The van der Waals surface area contributed by atoms with E-state index in [-0.39, 0.29) is 1.43 Å². The first-order valence-corrected chi connectivity index (χ1v) is 11.9. The van der Waals surface area contributed by atoms with Gasteiger partial charge in [-0.15, -0.1) is 0 Å². The highest BCUT2D eigenvalue weighted by molar-refractivity contribution is 6.00. The van der Waals surface area contributed by atoms with E-state index in [1.165, 1.54) is 18.0 Å². The van der Waals surface area contributed by atoms with Crippen LogP contribution in [-0.2, 0) is 6.18 Å². The van der Waals surface area contributed by atoms with Crippen LogP contribution < -0.4 is 15.4 Å². The lowest BCUT2D eigenvalue weighted by atomic mass is 10.1. The van der Waals surface area contributed by atoms with E-state index in [1.54, 1.807) is 6.92 Å². The molecule has 1 aromatic heterocycles. The van der Waals surface area contributed by atoms with Gasteiger partial charge in [0.05, 0.1) is 23.8 Å². The van der Waals surface area contributed by atoms with Gasteiger partial charge in [0.1, 0.15) is 18.1 Å². The average molecular weight is 528 g/mol. The second kappa shape index (κ2) is 12.1. The van der Waals surface area contributed by atoms with Crippen LogP contribution in [0, 0.1) is 5.92 Å². The van der Waals surface area contributed by atoms with Crippen molar-refractivity contribution in [3.63, 3.8) is 0 Å². The SMILES string of the molecule is CC.CC(NC(=O)c1cc(OCC(F)F)cc(C(F)(F)F)c1)c1nccnc1C1=NCC(C2CC2)=CN1.[HH]. The van der Waals surface area contributed by atoms with Gasteiger partial charge in [-0.3, -0.25) is 14.8 Å². The Morgan fingerprint density at radius 2 is 1.89 bits per heavy atom. The average Bonchev–Trinajstić information content (AvgIpc) is 3.74. The van der Waals surface area contributed by atoms with Crippen LogP contribution in [0.2, 0.25) is 0 Å². The van der Waals surface area contributed by atoms with E-state index in [1.807, 2.05) is 20.0 Å². The van der Waals surface area contributed by atoms with E-state index in [4.69, 9.17) is 4.74 Å². The molecule has 1 fully saturated rings. The Kier molecular flexibility index (Phi) is 9.17. The van der Waals surface area contributed by atoms with Crippen molar-refractivity contribution >= 4 is 11.7 Å². The van der Waals surface area contributed by atoms with Crippen LogP contribution in [0.15, 0.2) is 47.4 Å². The summed E-state index contributed by atoms with van der Waals surface area (Å²) in [6.45, 7) is 5.02. The third-order valence-corrected chi connectivity index (χ3v) is 5.50. The van der Waals surface area contributed by atoms with E-state index < -0.39 is 48.0 Å². The molecular formula is C25H30F5N5O2. The molecule has 7 nitrogen and oxygen atoms in total. The van der Waals surface area contributed by atoms with Crippen molar-refractivity contribution in [2.24, 2.45) is 10.9 Å². The molecule has 0 radical (unpaired) electrons. The second-order valence-electron chi connectivity index (χ2n) is 8.23. The van der Waals surface area contributed by atoms with Crippen LogP contribution in [-0.4, -0.2) is 41.3 Å². The summed E-state index contributed by atoms with van der Waals surface area (Å²) >= 11 is 0. The second-order valence-corrected chi connectivity index (χ2v) is 8.23. The smallest absolute Gasteiger partial charge is 0.416 e. The van der Waals surface area contributed by atoms with Gasteiger partial charge in [-0.1, -0.05) is 13.8 Å². The Morgan fingerprint density at radius 1 is 1.19 bits per heavy atom. The first-order chi connectivity index (χ1) is 17.6. The molecule has 1 amide bonds. The van der Waals surface area contributed by atoms with Gasteiger partial charge in [-0.2, -0.15) is 13.2 Å². The van der Waals surface area contributed by atoms with Crippen LogP contribution in [0.1, 0.15) is 68.4 Å². The first kappa shape index (κ1) is 28.0. The molecule has 2 aliphatic rings. The highest BCUT2D eigenvalue weighted by atomic mass is 19.4. The minimum atomic E-state index is -4.81. The summed E-state index contributed by atoms with van der Waals surface area (Å²) < 4.78 is 69.6. The number of aromatic nitrogens is 2.